The van der Waals surface area contributed by atoms with E-state index in [4.69, 9.17) is 0 Å². The number of aryl methyl sites for hydroxylation is 2. The molecule has 0 radical (unpaired) electrons. The van der Waals surface area contributed by atoms with Gasteiger partial charge in [0, 0.05) is 17.3 Å². The molecule has 4 rings (SSSR count). The molecule has 28 heavy (non-hydrogen) atoms. The van der Waals surface area contributed by atoms with Crippen molar-refractivity contribution in [2.45, 2.75) is 20.1 Å². The standard InChI is InChI=1S/C21H16F2N2O3/c1-12-4-3-5-14(8-12)20(26)25-19-7-6-15(11-24-19)16-10-18-17(9-13(16)2)27-21(22,23)28-18/h3-11H,1-2H3,(H,24,25,26). The Balaban J connectivity index is 1.55. The monoisotopic (exact) mass is 382 g/mol. The third kappa shape index (κ3) is 3.51. The minimum Gasteiger partial charge on any atom is -0.395 e. The summed E-state index contributed by atoms with van der Waals surface area (Å²) in [4.78, 5) is 16.6. The van der Waals surface area contributed by atoms with Crippen LogP contribution in [0.4, 0.5) is 14.6 Å². The van der Waals surface area contributed by atoms with E-state index in [2.05, 4.69) is 19.8 Å². The third-order valence-electron chi connectivity index (χ3n) is 4.34. The average Bonchev–Trinajstić information content (AvgIpc) is 2.94. The van der Waals surface area contributed by atoms with Gasteiger partial charge in [0.05, 0.1) is 0 Å². The second-order valence-corrected chi connectivity index (χ2v) is 6.54. The molecule has 1 aliphatic rings. The van der Waals surface area contributed by atoms with Gasteiger partial charge in [0.15, 0.2) is 11.5 Å². The zero-order chi connectivity index (χ0) is 19.9. The van der Waals surface area contributed by atoms with E-state index in [0.717, 1.165) is 11.1 Å². The number of aromatic nitrogens is 1. The zero-order valence-corrected chi connectivity index (χ0v) is 15.1. The molecule has 0 spiro atoms. The molecule has 2 heterocycles. The van der Waals surface area contributed by atoms with Crippen molar-refractivity contribution >= 4 is 11.7 Å². The molecule has 0 atom stereocenters. The molecule has 1 amide bonds. The van der Waals surface area contributed by atoms with Crippen molar-refractivity contribution in [1.82, 2.24) is 4.98 Å². The Bertz CT molecular complexity index is 1070. The van der Waals surface area contributed by atoms with Gasteiger partial charge in [-0.05, 0) is 61.4 Å². The summed E-state index contributed by atoms with van der Waals surface area (Å²) in [5, 5.41) is 2.74. The van der Waals surface area contributed by atoms with Crippen molar-refractivity contribution < 1.29 is 23.0 Å². The first-order valence-corrected chi connectivity index (χ1v) is 8.56. The van der Waals surface area contributed by atoms with Crippen LogP contribution in [0.5, 0.6) is 11.5 Å². The number of ether oxygens (including phenoxy) is 2. The van der Waals surface area contributed by atoms with Gasteiger partial charge in [-0.15, -0.1) is 8.78 Å². The van der Waals surface area contributed by atoms with Gasteiger partial charge >= 0.3 is 6.29 Å². The Morgan fingerprint density at radius 3 is 2.46 bits per heavy atom. The number of pyridine rings is 1. The van der Waals surface area contributed by atoms with Crippen LogP contribution in [-0.2, 0) is 0 Å². The highest BCUT2D eigenvalue weighted by atomic mass is 19.3. The molecule has 5 nitrogen and oxygen atoms in total. The Kier molecular flexibility index (Phi) is 4.22. The second kappa shape index (κ2) is 6.60. The molecule has 7 heteroatoms. The summed E-state index contributed by atoms with van der Waals surface area (Å²) in [5.74, 6) is 0.106. The summed E-state index contributed by atoms with van der Waals surface area (Å²) in [6, 6.07) is 13.6. The molecule has 2 aromatic carbocycles. The number of amides is 1. The van der Waals surface area contributed by atoms with Crippen molar-refractivity contribution in [2.24, 2.45) is 0 Å². The van der Waals surface area contributed by atoms with Crippen LogP contribution in [0.1, 0.15) is 21.5 Å². The molecule has 1 aromatic heterocycles. The number of alkyl halides is 2. The fourth-order valence-corrected chi connectivity index (χ4v) is 3.01. The van der Waals surface area contributed by atoms with Crippen molar-refractivity contribution in [1.29, 1.82) is 0 Å². The van der Waals surface area contributed by atoms with E-state index in [1.807, 2.05) is 19.1 Å². The van der Waals surface area contributed by atoms with Crippen LogP contribution in [0.25, 0.3) is 11.1 Å². The van der Waals surface area contributed by atoms with Gasteiger partial charge in [0.2, 0.25) is 0 Å². The van der Waals surface area contributed by atoms with E-state index < -0.39 is 6.29 Å². The first kappa shape index (κ1) is 17.9. The fourth-order valence-electron chi connectivity index (χ4n) is 3.01. The summed E-state index contributed by atoms with van der Waals surface area (Å²) in [5.41, 5.74) is 3.65. The summed E-state index contributed by atoms with van der Waals surface area (Å²) in [6.07, 6.45) is -2.09. The summed E-state index contributed by atoms with van der Waals surface area (Å²) >= 11 is 0. The molecule has 0 bridgehead atoms. The Morgan fingerprint density at radius 2 is 1.79 bits per heavy atom. The number of carbonyl (C=O) groups is 1. The maximum Gasteiger partial charge on any atom is 0.586 e. The van der Waals surface area contributed by atoms with Crippen LogP contribution in [0.15, 0.2) is 54.7 Å². The van der Waals surface area contributed by atoms with Crippen molar-refractivity contribution in [3.05, 3.63) is 71.4 Å². The number of carbonyl (C=O) groups excluding carboxylic acids is 1. The highest BCUT2D eigenvalue weighted by Gasteiger charge is 2.43. The maximum atomic E-state index is 13.2. The normalized spacial score (nSPS) is 14.0. The van der Waals surface area contributed by atoms with Gasteiger partial charge in [0.25, 0.3) is 5.91 Å². The van der Waals surface area contributed by atoms with Gasteiger partial charge < -0.3 is 14.8 Å². The number of hydrogen-bond donors (Lipinski definition) is 1. The Labute approximate surface area is 159 Å². The van der Waals surface area contributed by atoms with E-state index in [9.17, 15) is 13.6 Å². The van der Waals surface area contributed by atoms with Crippen molar-refractivity contribution in [2.75, 3.05) is 5.32 Å². The molecular formula is C21H16F2N2O3. The quantitative estimate of drug-likeness (QED) is 0.697. The number of fused-ring (bicyclic) bond motifs is 1. The third-order valence-corrected chi connectivity index (χ3v) is 4.34. The second-order valence-electron chi connectivity index (χ2n) is 6.54. The lowest BCUT2D eigenvalue weighted by molar-refractivity contribution is -0.286. The SMILES string of the molecule is Cc1cccc(C(=O)Nc2ccc(-c3cc4c(cc3C)OC(F)(F)O4)cn2)c1. The molecule has 1 N–H and O–H groups in total. The van der Waals surface area contributed by atoms with Gasteiger partial charge in [-0.2, -0.15) is 0 Å². The highest BCUT2D eigenvalue weighted by Crippen LogP contribution is 2.44. The molecule has 0 unspecified atom stereocenters. The topological polar surface area (TPSA) is 60.5 Å². The lowest BCUT2D eigenvalue weighted by atomic mass is 10.0. The lowest BCUT2D eigenvalue weighted by Gasteiger charge is -2.09. The molecule has 0 saturated heterocycles. The molecule has 0 saturated carbocycles. The van der Waals surface area contributed by atoms with Crippen molar-refractivity contribution in [3.8, 4) is 22.6 Å². The molecule has 142 valence electrons. The summed E-state index contributed by atoms with van der Waals surface area (Å²) in [7, 11) is 0. The number of rotatable bonds is 3. The molecular weight excluding hydrogens is 366 g/mol. The first-order valence-electron chi connectivity index (χ1n) is 8.56. The van der Waals surface area contributed by atoms with Gasteiger partial charge in [-0.25, -0.2) is 4.98 Å². The smallest absolute Gasteiger partial charge is 0.395 e. The fraction of sp³-hybridized carbons (Fsp3) is 0.143. The van der Waals surface area contributed by atoms with Crippen molar-refractivity contribution in [3.63, 3.8) is 0 Å². The average molecular weight is 382 g/mol. The van der Waals surface area contributed by atoms with Crippen LogP contribution in [0, 0.1) is 13.8 Å². The summed E-state index contributed by atoms with van der Waals surface area (Å²) < 4.78 is 35.5. The molecule has 1 aliphatic heterocycles. The molecule has 0 aliphatic carbocycles. The summed E-state index contributed by atoms with van der Waals surface area (Å²) in [6.45, 7) is 3.69. The zero-order valence-electron chi connectivity index (χ0n) is 15.1. The maximum absolute atomic E-state index is 13.2. The largest absolute Gasteiger partial charge is 0.586 e. The van der Waals surface area contributed by atoms with E-state index in [1.54, 1.807) is 37.4 Å². The number of nitrogens with one attached hydrogen (secondary N) is 1. The van der Waals surface area contributed by atoms with Crippen LogP contribution < -0.4 is 14.8 Å². The predicted molar refractivity (Wildman–Crippen MR) is 99.7 cm³/mol. The Hall–Kier alpha value is -3.48. The van der Waals surface area contributed by atoms with E-state index >= 15 is 0 Å². The lowest BCUT2D eigenvalue weighted by Crippen LogP contribution is -2.25. The van der Waals surface area contributed by atoms with Crippen LogP contribution in [-0.4, -0.2) is 17.2 Å². The van der Waals surface area contributed by atoms with Gasteiger partial charge in [0.1, 0.15) is 5.82 Å². The van der Waals surface area contributed by atoms with Crippen LogP contribution >= 0.6 is 0 Å². The Morgan fingerprint density at radius 1 is 1.04 bits per heavy atom. The van der Waals surface area contributed by atoms with Crippen LogP contribution in [0.2, 0.25) is 0 Å². The van der Waals surface area contributed by atoms with Gasteiger partial charge in [-0.1, -0.05) is 17.7 Å². The van der Waals surface area contributed by atoms with E-state index in [1.165, 1.54) is 12.1 Å². The number of hydrogen-bond acceptors (Lipinski definition) is 4. The van der Waals surface area contributed by atoms with E-state index in [0.29, 0.717) is 22.5 Å². The van der Waals surface area contributed by atoms with Gasteiger partial charge in [-0.3, -0.25) is 4.79 Å². The van der Waals surface area contributed by atoms with Crippen LogP contribution in [0.3, 0.4) is 0 Å². The minimum atomic E-state index is -3.66. The number of anilines is 1. The number of nitrogens with zero attached hydrogens (tertiary/aromatic N) is 1. The minimum absolute atomic E-state index is 0.00115. The van der Waals surface area contributed by atoms with E-state index in [-0.39, 0.29) is 17.4 Å². The predicted octanol–water partition coefficient (Wildman–Crippen LogP) is 4.94. The molecule has 3 aromatic rings. The highest BCUT2D eigenvalue weighted by molar-refractivity contribution is 6.03. The molecule has 0 fully saturated rings. The number of benzene rings is 2. The number of halogens is 2. The first-order chi connectivity index (χ1) is 13.3.